The Labute approximate surface area is 119 Å². The minimum absolute atomic E-state index is 0.169. The van der Waals surface area contributed by atoms with Crippen LogP contribution in [0.3, 0.4) is 0 Å². The van der Waals surface area contributed by atoms with Crippen molar-refractivity contribution >= 4 is 17.6 Å². The number of rotatable bonds is 6. The third kappa shape index (κ3) is 3.98. The maximum absolute atomic E-state index is 13.2. The minimum atomic E-state index is -1.20. The lowest BCUT2D eigenvalue weighted by atomic mass is 9.99. The van der Waals surface area contributed by atoms with Crippen molar-refractivity contribution in [1.82, 2.24) is 5.32 Å². The Hall–Kier alpha value is -2.51. The number of nitro benzene ring substituents is 1. The van der Waals surface area contributed by atoms with Crippen LogP contribution in [0.25, 0.3) is 0 Å². The summed E-state index contributed by atoms with van der Waals surface area (Å²) in [4.78, 5) is 32.7. The summed E-state index contributed by atoms with van der Waals surface area (Å²) < 4.78 is 13.2. The van der Waals surface area contributed by atoms with Gasteiger partial charge < -0.3 is 10.4 Å². The molecule has 0 aliphatic heterocycles. The van der Waals surface area contributed by atoms with Gasteiger partial charge in [-0.1, -0.05) is 20.3 Å². The molecule has 1 rings (SSSR count). The fraction of sp³-hybridized carbons (Fsp3) is 0.385. The fourth-order valence-corrected chi connectivity index (χ4v) is 1.70. The van der Waals surface area contributed by atoms with Gasteiger partial charge in [0.2, 0.25) is 5.82 Å². The van der Waals surface area contributed by atoms with Gasteiger partial charge in [0.1, 0.15) is 6.04 Å². The Morgan fingerprint density at radius 1 is 1.48 bits per heavy atom. The Bertz CT molecular complexity index is 576. The summed E-state index contributed by atoms with van der Waals surface area (Å²) in [5.41, 5.74) is -1.00. The monoisotopic (exact) mass is 298 g/mol. The number of aliphatic carboxylic acids is 1. The van der Waals surface area contributed by atoms with E-state index < -0.39 is 34.3 Å². The molecule has 7 nitrogen and oxygen atoms in total. The molecule has 1 aromatic carbocycles. The van der Waals surface area contributed by atoms with E-state index in [1.165, 1.54) is 0 Å². The Morgan fingerprint density at radius 2 is 2.10 bits per heavy atom. The van der Waals surface area contributed by atoms with Gasteiger partial charge in [-0.2, -0.15) is 4.39 Å². The number of carboxylic acids is 1. The smallest absolute Gasteiger partial charge is 0.326 e. The van der Waals surface area contributed by atoms with Gasteiger partial charge in [-0.15, -0.1) is 0 Å². The first kappa shape index (κ1) is 16.5. The number of nitro groups is 1. The van der Waals surface area contributed by atoms with Gasteiger partial charge in [0.25, 0.3) is 5.91 Å². The highest BCUT2D eigenvalue weighted by atomic mass is 19.1. The van der Waals surface area contributed by atoms with Crippen LogP contribution < -0.4 is 5.32 Å². The zero-order valence-electron chi connectivity index (χ0n) is 11.5. The van der Waals surface area contributed by atoms with Crippen LogP contribution in [-0.2, 0) is 4.79 Å². The van der Waals surface area contributed by atoms with Crippen molar-refractivity contribution in [2.45, 2.75) is 26.3 Å². The fourth-order valence-electron chi connectivity index (χ4n) is 1.70. The largest absolute Gasteiger partial charge is 0.480 e. The molecule has 0 aliphatic rings. The van der Waals surface area contributed by atoms with Crippen LogP contribution in [0.1, 0.15) is 30.6 Å². The van der Waals surface area contributed by atoms with E-state index in [0.29, 0.717) is 6.42 Å². The van der Waals surface area contributed by atoms with E-state index in [1.807, 2.05) is 0 Å². The number of hydrogen-bond acceptors (Lipinski definition) is 4. The number of amides is 1. The summed E-state index contributed by atoms with van der Waals surface area (Å²) >= 11 is 0. The number of nitrogens with one attached hydrogen (secondary N) is 1. The van der Waals surface area contributed by atoms with Gasteiger partial charge in [0, 0.05) is 11.6 Å². The summed E-state index contributed by atoms with van der Waals surface area (Å²) in [7, 11) is 0. The Kier molecular flexibility index (Phi) is 5.34. The van der Waals surface area contributed by atoms with Crippen molar-refractivity contribution in [3.63, 3.8) is 0 Å². The first-order valence-corrected chi connectivity index (χ1v) is 6.25. The highest BCUT2D eigenvalue weighted by molar-refractivity contribution is 5.97. The van der Waals surface area contributed by atoms with Crippen molar-refractivity contribution in [3.05, 3.63) is 39.7 Å². The standard InChI is InChI=1S/C13H15FN2O5/c1-3-7(2)11(13(18)19)15-12(17)8-4-5-9(14)10(6-8)16(20)21/h4-7,11H,3H2,1-2H3,(H,15,17)(H,18,19). The molecule has 0 radical (unpaired) electrons. The number of hydrogen-bond donors (Lipinski definition) is 2. The molecule has 0 fully saturated rings. The molecule has 0 spiro atoms. The number of halogens is 1. The first-order chi connectivity index (χ1) is 9.77. The van der Waals surface area contributed by atoms with Crippen LogP contribution in [0.15, 0.2) is 18.2 Å². The van der Waals surface area contributed by atoms with Crippen LogP contribution in [0, 0.1) is 21.8 Å². The average molecular weight is 298 g/mol. The summed E-state index contributed by atoms with van der Waals surface area (Å²) in [5, 5.41) is 22.0. The van der Waals surface area contributed by atoms with Crippen LogP contribution in [-0.4, -0.2) is 27.9 Å². The van der Waals surface area contributed by atoms with Gasteiger partial charge in [0.05, 0.1) is 4.92 Å². The molecule has 0 aliphatic carbocycles. The average Bonchev–Trinajstić information content (AvgIpc) is 2.43. The summed E-state index contributed by atoms with van der Waals surface area (Å²) in [6, 6.07) is 1.52. The molecule has 0 saturated heterocycles. The number of carbonyl (C=O) groups excluding carboxylic acids is 1. The third-order valence-electron chi connectivity index (χ3n) is 3.17. The highest BCUT2D eigenvalue weighted by Gasteiger charge is 2.26. The SMILES string of the molecule is CCC(C)C(NC(=O)c1ccc(F)c([N+](=O)[O-])c1)C(=O)O. The maximum atomic E-state index is 13.2. The molecule has 0 saturated carbocycles. The molecule has 1 aromatic rings. The number of carboxylic acid groups (broad SMARTS) is 1. The second-order valence-corrected chi connectivity index (χ2v) is 4.60. The third-order valence-corrected chi connectivity index (χ3v) is 3.17. The van der Waals surface area contributed by atoms with E-state index in [9.17, 15) is 24.1 Å². The van der Waals surface area contributed by atoms with E-state index in [1.54, 1.807) is 13.8 Å². The molecule has 0 aromatic heterocycles. The number of nitrogens with zero attached hydrogens (tertiary/aromatic N) is 1. The topological polar surface area (TPSA) is 110 Å². The molecule has 8 heteroatoms. The second-order valence-electron chi connectivity index (χ2n) is 4.60. The lowest BCUT2D eigenvalue weighted by Gasteiger charge is -2.20. The van der Waals surface area contributed by atoms with Gasteiger partial charge >= 0.3 is 11.7 Å². The van der Waals surface area contributed by atoms with Crippen molar-refractivity contribution < 1.29 is 24.0 Å². The van der Waals surface area contributed by atoms with Crippen LogP contribution in [0.5, 0.6) is 0 Å². The zero-order valence-corrected chi connectivity index (χ0v) is 11.5. The van der Waals surface area contributed by atoms with Crippen molar-refractivity contribution in [2.75, 3.05) is 0 Å². The van der Waals surface area contributed by atoms with Gasteiger partial charge in [-0.3, -0.25) is 14.9 Å². The van der Waals surface area contributed by atoms with E-state index in [0.717, 1.165) is 18.2 Å². The van der Waals surface area contributed by atoms with Gasteiger partial charge in [0.15, 0.2) is 0 Å². The maximum Gasteiger partial charge on any atom is 0.326 e. The molecule has 2 N–H and O–H groups in total. The molecule has 2 unspecified atom stereocenters. The molecule has 21 heavy (non-hydrogen) atoms. The first-order valence-electron chi connectivity index (χ1n) is 6.25. The highest BCUT2D eigenvalue weighted by Crippen LogP contribution is 2.19. The Balaban J connectivity index is 3.00. The predicted octanol–water partition coefficient (Wildman–Crippen LogP) is 1.96. The lowest BCUT2D eigenvalue weighted by molar-refractivity contribution is -0.387. The molecule has 2 atom stereocenters. The molecule has 1 amide bonds. The lowest BCUT2D eigenvalue weighted by Crippen LogP contribution is -2.45. The van der Waals surface area contributed by atoms with Crippen molar-refractivity contribution in [1.29, 1.82) is 0 Å². The molecule has 114 valence electrons. The van der Waals surface area contributed by atoms with E-state index >= 15 is 0 Å². The van der Waals surface area contributed by atoms with Crippen LogP contribution >= 0.6 is 0 Å². The van der Waals surface area contributed by atoms with Crippen molar-refractivity contribution in [3.8, 4) is 0 Å². The van der Waals surface area contributed by atoms with Crippen LogP contribution in [0.4, 0.5) is 10.1 Å². The molecular weight excluding hydrogens is 283 g/mol. The van der Waals surface area contributed by atoms with Gasteiger partial charge in [-0.25, -0.2) is 4.79 Å². The molecule has 0 bridgehead atoms. The predicted molar refractivity (Wildman–Crippen MR) is 71.4 cm³/mol. The van der Waals surface area contributed by atoms with E-state index in [-0.39, 0.29) is 11.5 Å². The molecule has 0 heterocycles. The summed E-state index contributed by atoms with van der Waals surface area (Å²) in [6.07, 6.45) is 0.529. The van der Waals surface area contributed by atoms with E-state index in [4.69, 9.17) is 5.11 Å². The second kappa shape index (κ2) is 6.78. The normalized spacial score (nSPS) is 13.3. The zero-order chi connectivity index (χ0) is 16.2. The van der Waals surface area contributed by atoms with Crippen LogP contribution in [0.2, 0.25) is 0 Å². The Morgan fingerprint density at radius 3 is 2.57 bits per heavy atom. The summed E-state index contributed by atoms with van der Waals surface area (Å²) in [5.74, 6) is -3.38. The quantitative estimate of drug-likeness (QED) is 0.616. The number of carbonyl (C=O) groups is 2. The van der Waals surface area contributed by atoms with Crippen molar-refractivity contribution in [2.24, 2.45) is 5.92 Å². The van der Waals surface area contributed by atoms with E-state index in [2.05, 4.69) is 5.32 Å². The molecular formula is C13H15FN2O5. The minimum Gasteiger partial charge on any atom is -0.480 e. The number of benzene rings is 1. The summed E-state index contributed by atoms with van der Waals surface area (Å²) in [6.45, 7) is 3.43. The van der Waals surface area contributed by atoms with Gasteiger partial charge in [-0.05, 0) is 18.1 Å².